The predicted octanol–water partition coefficient (Wildman–Crippen LogP) is 21.1. The highest BCUT2D eigenvalue weighted by molar-refractivity contribution is 7.28. The second kappa shape index (κ2) is 15.7. The number of para-hydroxylation sites is 2. The van der Waals surface area contributed by atoms with Gasteiger partial charge in [-0.1, -0.05) is 170 Å². The topological polar surface area (TPSA) is 38.0 Å². The Morgan fingerprint density at radius 1 is 0.342 bits per heavy atom. The second-order valence-corrected chi connectivity index (χ2v) is 23.7. The van der Waals surface area contributed by atoms with E-state index in [0.29, 0.717) is 16.8 Å². The van der Waals surface area contributed by atoms with Gasteiger partial charge in [0, 0.05) is 110 Å². The first-order chi connectivity index (χ1) is 37.7. The van der Waals surface area contributed by atoms with Gasteiger partial charge in [-0.2, -0.15) is 5.26 Å². The minimum Gasteiger partial charge on any atom is -0.317 e. The minimum atomic E-state index is 0.437. The van der Waals surface area contributed by atoms with Crippen LogP contribution in [0.15, 0.2) is 206 Å². The van der Waals surface area contributed by atoms with Crippen molar-refractivity contribution < 1.29 is 0 Å². The van der Waals surface area contributed by atoms with Crippen LogP contribution in [0, 0.1) is 17.9 Å². The molecule has 0 radical (unpaired) electrons. The molecular formula is C68H34N4S4. The molecule has 0 bridgehead atoms. The van der Waals surface area contributed by atoms with E-state index in [1.54, 1.807) is 45.3 Å². The third kappa shape index (κ3) is 5.53. The quantitative estimate of drug-likeness (QED) is 0.162. The molecule has 0 atom stereocenters. The molecule has 17 rings (SSSR count). The van der Waals surface area contributed by atoms with E-state index < -0.39 is 0 Å². The van der Waals surface area contributed by atoms with Crippen molar-refractivity contribution in [2.24, 2.45) is 0 Å². The second-order valence-electron chi connectivity index (χ2n) is 19.5. The Hall–Kier alpha value is -9.12. The summed E-state index contributed by atoms with van der Waals surface area (Å²) in [6, 6.07) is 77.2. The molecule has 8 heteroatoms. The van der Waals surface area contributed by atoms with Gasteiger partial charge >= 0.3 is 0 Å². The minimum absolute atomic E-state index is 0.437. The van der Waals surface area contributed by atoms with Crippen LogP contribution in [-0.2, 0) is 0 Å². The molecule has 76 heavy (non-hydrogen) atoms. The van der Waals surface area contributed by atoms with Crippen LogP contribution in [0.5, 0.6) is 0 Å². The summed E-state index contributed by atoms with van der Waals surface area (Å²) >= 11 is 7.12. The van der Waals surface area contributed by atoms with Gasteiger partial charge in [0.2, 0.25) is 5.69 Å². The molecular weight excluding hydrogens is 1000 g/mol. The first-order valence-corrected chi connectivity index (χ1v) is 28.4. The van der Waals surface area contributed by atoms with Crippen LogP contribution < -0.4 is 0 Å². The zero-order chi connectivity index (χ0) is 49.9. The van der Waals surface area contributed by atoms with Gasteiger partial charge in [-0.05, 0) is 42.0 Å². The van der Waals surface area contributed by atoms with Crippen molar-refractivity contribution >= 4 is 175 Å². The molecule has 11 aromatic carbocycles. The third-order valence-corrected chi connectivity index (χ3v) is 20.6. The van der Waals surface area contributed by atoms with E-state index in [0.717, 1.165) is 111 Å². The van der Waals surface area contributed by atoms with E-state index in [-0.39, 0.29) is 0 Å². The number of hydrogen-bond donors (Lipinski definition) is 0. The van der Waals surface area contributed by atoms with E-state index in [1.165, 1.54) is 41.0 Å². The molecule has 0 unspecified atom stereocenters. The summed E-state index contributed by atoms with van der Waals surface area (Å²) in [5, 5.41) is 26.3. The molecule has 0 saturated heterocycles. The van der Waals surface area contributed by atoms with Crippen LogP contribution in [0.1, 0.15) is 5.56 Å². The van der Waals surface area contributed by atoms with E-state index in [9.17, 15) is 11.8 Å². The summed E-state index contributed by atoms with van der Waals surface area (Å²) in [6.07, 6.45) is 0. The van der Waals surface area contributed by atoms with Crippen molar-refractivity contribution in [1.29, 1.82) is 5.26 Å². The Labute approximate surface area is 449 Å². The number of nitriles is 1. The molecule has 0 fully saturated rings. The van der Waals surface area contributed by atoms with Gasteiger partial charge < -0.3 is 9.13 Å². The number of thiophene rings is 4. The number of benzene rings is 11. The highest BCUT2D eigenvalue weighted by Gasteiger charge is 2.34. The molecule has 350 valence electrons. The zero-order valence-electron chi connectivity index (χ0n) is 40.1. The van der Waals surface area contributed by atoms with Crippen molar-refractivity contribution in [3.63, 3.8) is 0 Å². The molecule has 4 nitrogen and oxygen atoms in total. The summed E-state index contributed by atoms with van der Waals surface area (Å²) in [7, 11) is 0. The maximum Gasteiger partial charge on any atom is 0.220 e. The Morgan fingerprint density at radius 3 is 1.14 bits per heavy atom. The lowest BCUT2D eigenvalue weighted by Crippen LogP contribution is -2.09. The van der Waals surface area contributed by atoms with Crippen LogP contribution in [0.25, 0.3) is 163 Å². The van der Waals surface area contributed by atoms with E-state index in [4.69, 9.17) is 4.85 Å². The van der Waals surface area contributed by atoms with Crippen molar-refractivity contribution in [2.45, 2.75) is 0 Å². The van der Waals surface area contributed by atoms with Crippen LogP contribution in [0.3, 0.4) is 0 Å². The summed E-state index contributed by atoms with van der Waals surface area (Å²) in [5.74, 6) is 0. The SMILES string of the molecule is [C-]#[N+]c1c(-c2cccc3c2sc2ccccc23)c(C#N)c(-n2c3ccccc3c3ccc4c5ccccc5sc4c32)c(-c2cccc3c2sc2ccccc23)c1-n1c2ccccc2c2ccc3c4ccccc4sc3c21. The molecule has 0 aliphatic rings. The van der Waals surface area contributed by atoms with Gasteiger partial charge in [0.15, 0.2) is 0 Å². The Morgan fingerprint density at radius 2 is 0.697 bits per heavy atom. The molecule has 6 heterocycles. The molecule has 17 aromatic rings. The fourth-order valence-electron chi connectivity index (χ4n) is 12.7. The lowest BCUT2D eigenvalue weighted by molar-refractivity contribution is 1.14. The predicted molar refractivity (Wildman–Crippen MR) is 329 cm³/mol. The summed E-state index contributed by atoms with van der Waals surface area (Å²) in [6.45, 7) is 9.82. The third-order valence-electron chi connectivity index (χ3n) is 15.8. The van der Waals surface area contributed by atoms with Crippen LogP contribution >= 0.6 is 45.3 Å². The van der Waals surface area contributed by atoms with Gasteiger partial charge in [0.05, 0.1) is 55.0 Å². The molecule has 0 N–H and O–H groups in total. The van der Waals surface area contributed by atoms with E-state index >= 15 is 0 Å². The lowest BCUT2D eigenvalue weighted by Gasteiger charge is -2.26. The average Bonchev–Trinajstić information content (AvgIpc) is 4.49. The standard InChI is InChI=1S/C68H34N4S4/c1-70-60-58(49-24-14-22-45-39-18-4-10-28-54(39)73-65(45)49)51(36-69)61(71-52-26-8-2-16-37(52)43-32-34-47-41-20-6-12-30-56(41)75-67(47)62(43)71)59(50-25-15-23-46-40-19-5-11-29-55(40)74-66(46)50)64(60)72-53-27-9-3-17-38(53)44-33-35-48-42-21-7-13-31-57(42)76-68(48)63(44)72/h2-35H. The first kappa shape index (κ1) is 42.3. The van der Waals surface area contributed by atoms with Crippen molar-refractivity contribution in [3.8, 4) is 39.7 Å². The number of fused-ring (bicyclic) bond motifs is 20. The number of aromatic nitrogens is 2. The smallest absolute Gasteiger partial charge is 0.220 e. The van der Waals surface area contributed by atoms with Gasteiger partial charge in [0.1, 0.15) is 6.07 Å². The van der Waals surface area contributed by atoms with E-state index in [2.05, 4.69) is 221 Å². The lowest BCUT2D eigenvalue weighted by atomic mass is 9.87. The van der Waals surface area contributed by atoms with Gasteiger partial charge in [-0.15, -0.1) is 45.3 Å². The van der Waals surface area contributed by atoms with Gasteiger partial charge in [0.25, 0.3) is 0 Å². The fourth-order valence-corrected chi connectivity index (χ4v) is 17.6. The Kier molecular flexibility index (Phi) is 8.73. The highest BCUT2D eigenvalue weighted by atomic mass is 32.1. The average molecular weight is 1040 g/mol. The highest BCUT2D eigenvalue weighted by Crippen LogP contribution is 2.57. The van der Waals surface area contributed by atoms with Gasteiger partial charge in [-0.3, -0.25) is 0 Å². The summed E-state index contributed by atoms with van der Waals surface area (Å²) in [5.41, 5.74) is 9.81. The van der Waals surface area contributed by atoms with E-state index in [1.807, 2.05) is 0 Å². The van der Waals surface area contributed by atoms with Gasteiger partial charge in [-0.25, -0.2) is 4.85 Å². The number of hydrogen-bond acceptors (Lipinski definition) is 5. The van der Waals surface area contributed by atoms with Crippen LogP contribution in [-0.4, -0.2) is 9.13 Å². The zero-order valence-corrected chi connectivity index (χ0v) is 43.3. The van der Waals surface area contributed by atoms with Crippen LogP contribution in [0.4, 0.5) is 5.69 Å². The number of nitrogens with zero attached hydrogens (tertiary/aromatic N) is 4. The number of rotatable bonds is 4. The Balaban J connectivity index is 1.20. The Bertz CT molecular complexity index is 5300. The van der Waals surface area contributed by atoms with Crippen LogP contribution in [0.2, 0.25) is 0 Å². The summed E-state index contributed by atoms with van der Waals surface area (Å²) in [4.78, 5) is 4.83. The normalized spacial score (nSPS) is 12.2. The molecule has 0 aliphatic heterocycles. The molecule has 6 aromatic heterocycles. The molecule has 0 saturated carbocycles. The van der Waals surface area contributed by atoms with Crippen molar-refractivity contribution in [1.82, 2.24) is 9.13 Å². The largest absolute Gasteiger partial charge is 0.317 e. The maximum atomic E-state index is 12.6. The first-order valence-electron chi connectivity index (χ1n) is 25.2. The molecule has 0 amide bonds. The molecule has 0 spiro atoms. The van der Waals surface area contributed by atoms with Crippen molar-refractivity contribution in [2.75, 3.05) is 0 Å². The monoisotopic (exact) mass is 1030 g/mol. The van der Waals surface area contributed by atoms with Crippen molar-refractivity contribution in [3.05, 3.63) is 223 Å². The maximum absolute atomic E-state index is 12.6. The summed E-state index contributed by atoms with van der Waals surface area (Å²) < 4.78 is 14.1. The fraction of sp³-hybridized carbons (Fsp3) is 0. The molecule has 0 aliphatic carbocycles.